The van der Waals surface area contributed by atoms with Crippen molar-refractivity contribution in [2.45, 2.75) is 66.1 Å². The Hall–Kier alpha value is -2.25. The van der Waals surface area contributed by atoms with Crippen molar-refractivity contribution in [2.24, 2.45) is 5.41 Å². The molecule has 0 N–H and O–H groups in total. The molecule has 1 aliphatic heterocycles. The molecule has 0 aliphatic carbocycles. The van der Waals surface area contributed by atoms with E-state index in [-0.39, 0.29) is 17.2 Å². The maximum atomic E-state index is 14.0. The number of piperidine rings is 1. The van der Waals surface area contributed by atoms with Gasteiger partial charge in [0, 0.05) is 37.1 Å². The summed E-state index contributed by atoms with van der Waals surface area (Å²) in [6.45, 7) is 13.6. The van der Waals surface area contributed by atoms with Crippen molar-refractivity contribution in [1.29, 1.82) is 0 Å². The molecule has 2 aromatic rings. The number of aromatic nitrogens is 2. The van der Waals surface area contributed by atoms with Crippen LogP contribution in [0.1, 0.15) is 66.1 Å². The Labute approximate surface area is 200 Å². The smallest absolute Gasteiger partial charge is 0.340 e. The van der Waals surface area contributed by atoms with E-state index in [1.54, 1.807) is 19.2 Å². The highest BCUT2D eigenvalue weighted by Gasteiger charge is 2.37. The second-order valence-electron chi connectivity index (χ2n) is 10.1. The fourth-order valence-corrected chi connectivity index (χ4v) is 4.22. The zero-order valence-electron chi connectivity index (χ0n) is 20.2. The molecule has 0 amide bonds. The maximum Gasteiger partial charge on any atom is 0.340 e. The van der Waals surface area contributed by atoms with Crippen molar-refractivity contribution in [3.63, 3.8) is 0 Å². The Morgan fingerprint density at radius 3 is 2.52 bits per heavy atom. The van der Waals surface area contributed by atoms with Crippen LogP contribution >= 0.6 is 11.6 Å². The third-order valence-electron chi connectivity index (χ3n) is 5.74. The van der Waals surface area contributed by atoms with E-state index in [9.17, 15) is 9.18 Å². The van der Waals surface area contributed by atoms with Crippen molar-refractivity contribution >= 4 is 23.3 Å². The SMILES string of the molecule is CCOC(=O)[C@@H](OC(C)(C)C)c1c(Cl)ncc(-c2ccnc(F)c2)c1N1CCC(C)(C)CC1. The van der Waals surface area contributed by atoms with Gasteiger partial charge in [-0.15, -0.1) is 0 Å². The summed E-state index contributed by atoms with van der Waals surface area (Å²) < 4.78 is 25.6. The molecule has 0 bridgehead atoms. The third-order valence-corrected chi connectivity index (χ3v) is 6.05. The molecule has 0 spiro atoms. The van der Waals surface area contributed by atoms with Crippen LogP contribution in [-0.2, 0) is 14.3 Å². The molecule has 1 fully saturated rings. The lowest BCUT2D eigenvalue weighted by Gasteiger charge is -2.40. The second kappa shape index (κ2) is 9.94. The predicted molar refractivity (Wildman–Crippen MR) is 128 cm³/mol. The number of pyridine rings is 2. The highest BCUT2D eigenvalue weighted by Crippen LogP contribution is 2.44. The van der Waals surface area contributed by atoms with Crippen molar-refractivity contribution in [3.8, 4) is 11.1 Å². The number of anilines is 1. The molecular weight excluding hydrogens is 445 g/mol. The van der Waals surface area contributed by atoms with Crippen LogP contribution in [0.2, 0.25) is 5.15 Å². The Kier molecular flexibility index (Phi) is 7.64. The minimum atomic E-state index is -1.08. The first-order chi connectivity index (χ1) is 15.4. The molecule has 1 atom stereocenters. The summed E-state index contributed by atoms with van der Waals surface area (Å²) in [6, 6.07) is 3.08. The van der Waals surface area contributed by atoms with E-state index in [1.165, 1.54) is 12.3 Å². The standard InChI is InChI=1S/C25H33ClFN3O3/c1-7-32-23(31)21(33-24(2,3)4)19-20(30-12-9-25(5,6)10-13-30)17(15-29-22(19)26)16-8-11-28-18(27)14-16/h8,11,14-15,21H,7,9-10,12-13H2,1-6H3/t21-/m0/s1. The van der Waals surface area contributed by atoms with Crippen LogP contribution < -0.4 is 4.90 Å². The van der Waals surface area contributed by atoms with E-state index >= 15 is 0 Å². The van der Waals surface area contributed by atoms with Gasteiger partial charge in [-0.05, 0) is 57.6 Å². The van der Waals surface area contributed by atoms with Gasteiger partial charge in [0.15, 0.2) is 6.10 Å². The Balaban J connectivity index is 2.24. The van der Waals surface area contributed by atoms with E-state index in [0.29, 0.717) is 16.7 Å². The topological polar surface area (TPSA) is 64.5 Å². The van der Waals surface area contributed by atoms with Crippen LogP contribution in [0.5, 0.6) is 0 Å². The van der Waals surface area contributed by atoms with Crippen LogP contribution in [0.3, 0.4) is 0 Å². The van der Waals surface area contributed by atoms with Gasteiger partial charge in [0.05, 0.1) is 23.5 Å². The van der Waals surface area contributed by atoms with Crippen LogP contribution in [0.15, 0.2) is 24.5 Å². The van der Waals surface area contributed by atoms with Gasteiger partial charge in [0.2, 0.25) is 5.95 Å². The van der Waals surface area contributed by atoms with Crippen LogP contribution in [0.4, 0.5) is 10.1 Å². The van der Waals surface area contributed by atoms with Gasteiger partial charge >= 0.3 is 5.97 Å². The lowest BCUT2D eigenvalue weighted by molar-refractivity contribution is -0.166. The van der Waals surface area contributed by atoms with Crippen LogP contribution in [0.25, 0.3) is 11.1 Å². The molecule has 0 aromatic carbocycles. The van der Waals surface area contributed by atoms with Gasteiger partial charge < -0.3 is 14.4 Å². The lowest BCUT2D eigenvalue weighted by Crippen LogP contribution is -2.39. The van der Waals surface area contributed by atoms with E-state index < -0.39 is 23.6 Å². The molecular formula is C25H33ClFN3O3. The molecule has 6 nitrogen and oxygen atoms in total. The highest BCUT2D eigenvalue weighted by molar-refractivity contribution is 6.31. The highest BCUT2D eigenvalue weighted by atomic mass is 35.5. The van der Waals surface area contributed by atoms with Gasteiger partial charge in [-0.3, -0.25) is 0 Å². The first-order valence-corrected chi connectivity index (χ1v) is 11.7. The molecule has 0 unspecified atom stereocenters. The quantitative estimate of drug-likeness (QED) is 0.376. The van der Waals surface area contributed by atoms with Crippen molar-refractivity contribution in [1.82, 2.24) is 9.97 Å². The molecule has 1 saturated heterocycles. The Bertz CT molecular complexity index is 997. The summed E-state index contributed by atoms with van der Waals surface area (Å²) in [5.41, 5.74) is 1.99. The zero-order chi connectivity index (χ0) is 24.4. The number of nitrogens with zero attached hydrogens (tertiary/aromatic N) is 3. The summed E-state index contributed by atoms with van der Waals surface area (Å²) in [6.07, 6.45) is 3.87. The second-order valence-corrected chi connectivity index (χ2v) is 10.5. The lowest BCUT2D eigenvalue weighted by atomic mass is 9.82. The first kappa shape index (κ1) is 25.4. The van der Waals surface area contributed by atoms with E-state index in [4.69, 9.17) is 21.1 Å². The van der Waals surface area contributed by atoms with Gasteiger partial charge in [0.1, 0.15) is 5.15 Å². The summed E-state index contributed by atoms with van der Waals surface area (Å²) in [4.78, 5) is 23.3. The fourth-order valence-electron chi connectivity index (χ4n) is 3.98. The van der Waals surface area contributed by atoms with E-state index in [0.717, 1.165) is 31.6 Å². The number of carbonyl (C=O) groups is 1. The fraction of sp³-hybridized carbons (Fsp3) is 0.560. The average molecular weight is 478 g/mol. The molecule has 3 heterocycles. The number of rotatable bonds is 6. The van der Waals surface area contributed by atoms with Crippen LogP contribution in [-0.4, -0.2) is 41.2 Å². The number of carbonyl (C=O) groups excluding carboxylic acids is 1. The predicted octanol–water partition coefficient (Wildman–Crippen LogP) is 5.98. The van der Waals surface area contributed by atoms with Crippen molar-refractivity contribution < 1.29 is 18.7 Å². The normalized spacial score (nSPS) is 17.0. The monoisotopic (exact) mass is 477 g/mol. The maximum absolute atomic E-state index is 14.0. The molecule has 0 saturated carbocycles. The van der Waals surface area contributed by atoms with E-state index in [1.807, 2.05) is 20.8 Å². The van der Waals surface area contributed by atoms with Gasteiger partial charge in [-0.1, -0.05) is 25.4 Å². The number of esters is 1. The van der Waals surface area contributed by atoms with E-state index in [2.05, 4.69) is 28.7 Å². The molecule has 180 valence electrons. The molecule has 33 heavy (non-hydrogen) atoms. The summed E-state index contributed by atoms with van der Waals surface area (Å²) in [5.74, 6) is -1.13. The minimum absolute atomic E-state index is 0.162. The third kappa shape index (κ3) is 6.21. The van der Waals surface area contributed by atoms with Gasteiger partial charge in [0.25, 0.3) is 0 Å². The molecule has 0 radical (unpaired) electrons. The summed E-state index contributed by atoms with van der Waals surface area (Å²) >= 11 is 6.65. The molecule has 8 heteroatoms. The van der Waals surface area contributed by atoms with Crippen molar-refractivity contribution in [2.75, 3.05) is 24.6 Å². The van der Waals surface area contributed by atoms with Crippen LogP contribution in [0, 0.1) is 11.4 Å². The number of ether oxygens (including phenoxy) is 2. The van der Waals surface area contributed by atoms with Gasteiger partial charge in [-0.2, -0.15) is 4.39 Å². The Morgan fingerprint density at radius 2 is 1.94 bits per heavy atom. The molecule has 3 rings (SSSR count). The first-order valence-electron chi connectivity index (χ1n) is 11.3. The van der Waals surface area contributed by atoms with Crippen molar-refractivity contribution in [3.05, 3.63) is 41.2 Å². The summed E-state index contributed by atoms with van der Waals surface area (Å²) in [5, 5.41) is 0.162. The number of halogens is 2. The minimum Gasteiger partial charge on any atom is -0.464 e. The number of hydrogen-bond donors (Lipinski definition) is 0. The average Bonchev–Trinajstić information content (AvgIpc) is 2.72. The zero-order valence-corrected chi connectivity index (χ0v) is 21.0. The van der Waals surface area contributed by atoms with Gasteiger partial charge in [-0.25, -0.2) is 14.8 Å². The molecule has 1 aliphatic rings. The Morgan fingerprint density at radius 1 is 1.27 bits per heavy atom. The summed E-state index contributed by atoms with van der Waals surface area (Å²) in [7, 11) is 0. The largest absolute Gasteiger partial charge is 0.464 e. The molecule has 2 aromatic heterocycles. The number of hydrogen-bond acceptors (Lipinski definition) is 6.